The lowest BCUT2D eigenvalue weighted by molar-refractivity contribution is -0.141. The SMILES string of the molecule is CCCC(CNC(=O)N1CCC(NC(=O)OC)C1)C(=O)O. The minimum atomic E-state index is -0.899. The lowest BCUT2D eigenvalue weighted by atomic mass is 10.0. The Bertz CT molecular complexity index is 388. The predicted octanol–water partition coefficient (Wildman–Crippen LogP) is 0.627. The second kappa shape index (κ2) is 8.33. The van der Waals surface area contributed by atoms with E-state index in [0.29, 0.717) is 25.9 Å². The minimum absolute atomic E-state index is 0.119. The Labute approximate surface area is 123 Å². The Morgan fingerprint density at radius 2 is 2.14 bits per heavy atom. The summed E-state index contributed by atoms with van der Waals surface area (Å²) in [5, 5.41) is 14.3. The smallest absolute Gasteiger partial charge is 0.407 e. The summed E-state index contributed by atoms with van der Waals surface area (Å²) in [5.41, 5.74) is 0. The third-order valence-corrected chi connectivity index (χ3v) is 3.47. The molecule has 1 heterocycles. The van der Waals surface area contributed by atoms with Crippen molar-refractivity contribution in [1.29, 1.82) is 0 Å². The van der Waals surface area contributed by atoms with E-state index in [2.05, 4.69) is 15.4 Å². The molecular weight excluding hydrogens is 278 g/mol. The summed E-state index contributed by atoms with van der Waals surface area (Å²) in [6.07, 6.45) is 1.42. The number of likely N-dealkylation sites (tertiary alicyclic amines) is 1. The normalized spacial score (nSPS) is 19.0. The lowest BCUT2D eigenvalue weighted by Gasteiger charge is -2.19. The molecule has 0 radical (unpaired) electrons. The number of nitrogens with one attached hydrogen (secondary N) is 2. The number of amides is 3. The van der Waals surface area contributed by atoms with Gasteiger partial charge in [0.25, 0.3) is 0 Å². The Hall–Kier alpha value is -1.99. The molecule has 21 heavy (non-hydrogen) atoms. The fourth-order valence-corrected chi connectivity index (χ4v) is 2.27. The monoisotopic (exact) mass is 301 g/mol. The van der Waals surface area contributed by atoms with Gasteiger partial charge in [0.2, 0.25) is 0 Å². The molecule has 1 fully saturated rings. The average Bonchev–Trinajstić information content (AvgIpc) is 2.91. The zero-order chi connectivity index (χ0) is 15.8. The molecule has 1 aliphatic rings. The van der Waals surface area contributed by atoms with Crippen LogP contribution < -0.4 is 10.6 Å². The molecule has 0 aliphatic carbocycles. The van der Waals surface area contributed by atoms with E-state index >= 15 is 0 Å². The number of hydrogen-bond donors (Lipinski definition) is 3. The predicted molar refractivity (Wildman–Crippen MR) is 75.0 cm³/mol. The number of carboxylic acid groups (broad SMARTS) is 1. The molecule has 0 aromatic carbocycles. The fraction of sp³-hybridized carbons (Fsp3) is 0.769. The molecule has 0 spiro atoms. The first-order valence-corrected chi connectivity index (χ1v) is 7.08. The number of nitrogens with zero attached hydrogens (tertiary/aromatic N) is 1. The van der Waals surface area contributed by atoms with Crippen LogP contribution >= 0.6 is 0 Å². The van der Waals surface area contributed by atoms with Crippen molar-refractivity contribution < 1.29 is 24.2 Å². The standard InChI is InChI=1S/C13H23N3O5/c1-3-4-9(11(17)18)7-14-12(19)16-6-5-10(8-16)15-13(20)21-2/h9-10H,3-8H2,1-2H3,(H,14,19)(H,15,20)(H,17,18). The first-order valence-electron chi connectivity index (χ1n) is 7.08. The van der Waals surface area contributed by atoms with Crippen molar-refractivity contribution in [3.63, 3.8) is 0 Å². The van der Waals surface area contributed by atoms with Crippen molar-refractivity contribution in [2.45, 2.75) is 32.2 Å². The number of hydrogen-bond acceptors (Lipinski definition) is 4. The summed E-state index contributed by atoms with van der Waals surface area (Å²) in [6, 6.07) is -0.430. The van der Waals surface area contributed by atoms with E-state index < -0.39 is 18.0 Å². The Kier molecular flexibility index (Phi) is 6.77. The Morgan fingerprint density at radius 1 is 1.43 bits per heavy atom. The number of urea groups is 1. The molecule has 8 heteroatoms. The summed E-state index contributed by atoms with van der Waals surface area (Å²) in [6.45, 7) is 2.94. The lowest BCUT2D eigenvalue weighted by Crippen LogP contribution is -2.44. The van der Waals surface area contributed by atoms with Crippen LogP contribution in [0, 0.1) is 5.92 Å². The van der Waals surface area contributed by atoms with Gasteiger partial charge in [-0.3, -0.25) is 4.79 Å². The summed E-state index contributed by atoms with van der Waals surface area (Å²) >= 11 is 0. The number of carboxylic acids is 1. The van der Waals surface area contributed by atoms with Gasteiger partial charge in [-0.25, -0.2) is 9.59 Å². The van der Waals surface area contributed by atoms with Crippen LogP contribution in [0.25, 0.3) is 0 Å². The molecule has 120 valence electrons. The van der Waals surface area contributed by atoms with E-state index in [9.17, 15) is 14.4 Å². The van der Waals surface area contributed by atoms with Gasteiger partial charge in [0.05, 0.1) is 19.1 Å². The van der Waals surface area contributed by atoms with Crippen molar-refractivity contribution in [2.75, 3.05) is 26.7 Å². The number of rotatable bonds is 6. The van der Waals surface area contributed by atoms with Crippen LogP contribution in [0.5, 0.6) is 0 Å². The molecule has 8 nitrogen and oxygen atoms in total. The topological polar surface area (TPSA) is 108 Å². The maximum Gasteiger partial charge on any atom is 0.407 e. The molecule has 0 aromatic heterocycles. The number of carbonyl (C=O) groups excluding carboxylic acids is 2. The van der Waals surface area contributed by atoms with Crippen molar-refractivity contribution in [3.05, 3.63) is 0 Å². The Balaban J connectivity index is 2.36. The largest absolute Gasteiger partial charge is 0.481 e. The maximum atomic E-state index is 12.0. The van der Waals surface area contributed by atoms with Crippen LogP contribution in [0.2, 0.25) is 0 Å². The molecule has 1 saturated heterocycles. The summed E-state index contributed by atoms with van der Waals surface area (Å²) in [7, 11) is 1.29. The number of methoxy groups -OCH3 is 1. The van der Waals surface area contributed by atoms with Crippen LogP contribution in [0.15, 0.2) is 0 Å². The Morgan fingerprint density at radius 3 is 2.71 bits per heavy atom. The third-order valence-electron chi connectivity index (χ3n) is 3.47. The van der Waals surface area contributed by atoms with Crippen LogP contribution in [-0.4, -0.2) is 60.9 Å². The number of alkyl carbamates (subject to hydrolysis) is 1. The van der Waals surface area contributed by atoms with Crippen LogP contribution in [0.3, 0.4) is 0 Å². The molecule has 1 aliphatic heterocycles. The van der Waals surface area contributed by atoms with Gasteiger partial charge in [-0.15, -0.1) is 0 Å². The van der Waals surface area contributed by atoms with E-state index in [1.807, 2.05) is 6.92 Å². The minimum Gasteiger partial charge on any atom is -0.481 e. The van der Waals surface area contributed by atoms with Crippen molar-refractivity contribution in [2.24, 2.45) is 5.92 Å². The van der Waals surface area contributed by atoms with E-state index in [-0.39, 0.29) is 18.6 Å². The summed E-state index contributed by atoms with van der Waals surface area (Å²) in [5.74, 6) is -1.46. The second-order valence-electron chi connectivity index (χ2n) is 5.08. The quantitative estimate of drug-likeness (QED) is 0.667. The average molecular weight is 301 g/mol. The second-order valence-corrected chi connectivity index (χ2v) is 5.08. The van der Waals surface area contributed by atoms with Gasteiger partial charge in [-0.05, 0) is 12.8 Å². The van der Waals surface area contributed by atoms with Crippen molar-refractivity contribution >= 4 is 18.1 Å². The van der Waals surface area contributed by atoms with Crippen molar-refractivity contribution in [1.82, 2.24) is 15.5 Å². The van der Waals surface area contributed by atoms with E-state index in [1.165, 1.54) is 7.11 Å². The fourth-order valence-electron chi connectivity index (χ4n) is 2.27. The molecule has 0 bridgehead atoms. The molecular formula is C13H23N3O5. The first-order chi connectivity index (χ1) is 9.97. The van der Waals surface area contributed by atoms with Crippen LogP contribution in [-0.2, 0) is 9.53 Å². The van der Waals surface area contributed by atoms with E-state index in [0.717, 1.165) is 6.42 Å². The first kappa shape index (κ1) is 17.1. The van der Waals surface area contributed by atoms with Crippen LogP contribution in [0.1, 0.15) is 26.2 Å². The highest BCUT2D eigenvalue weighted by atomic mass is 16.5. The molecule has 0 aromatic rings. The van der Waals surface area contributed by atoms with Gasteiger partial charge in [0, 0.05) is 19.6 Å². The summed E-state index contributed by atoms with van der Waals surface area (Å²) in [4.78, 5) is 35.6. The van der Waals surface area contributed by atoms with E-state index in [4.69, 9.17) is 5.11 Å². The van der Waals surface area contributed by atoms with E-state index in [1.54, 1.807) is 4.90 Å². The highest BCUT2D eigenvalue weighted by molar-refractivity contribution is 5.76. The number of ether oxygens (including phenoxy) is 1. The maximum absolute atomic E-state index is 12.0. The zero-order valence-electron chi connectivity index (χ0n) is 12.4. The molecule has 1 rings (SSSR count). The highest BCUT2D eigenvalue weighted by Crippen LogP contribution is 2.10. The van der Waals surface area contributed by atoms with Gasteiger partial charge in [-0.2, -0.15) is 0 Å². The zero-order valence-corrected chi connectivity index (χ0v) is 12.4. The number of aliphatic carboxylic acids is 1. The highest BCUT2D eigenvalue weighted by Gasteiger charge is 2.28. The van der Waals surface area contributed by atoms with Gasteiger partial charge >= 0.3 is 18.1 Å². The number of carbonyl (C=O) groups is 3. The summed E-state index contributed by atoms with van der Waals surface area (Å²) < 4.78 is 4.51. The van der Waals surface area contributed by atoms with Gasteiger partial charge in [0.15, 0.2) is 0 Å². The van der Waals surface area contributed by atoms with Gasteiger partial charge in [-0.1, -0.05) is 13.3 Å². The van der Waals surface area contributed by atoms with Crippen molar-refractivity contribution in [3.8, 4) is 0 Å². The van der Waals surface area contributed by atoms with Gasteiger partial charge in [0.1, 0.15) is 0 Å². The molecule has 0 saturated carbocycles. The molecule has 3 N–H and O–H groups in total. The third kappa shape index (κ3) is 5.49. The van der Waals surface area contributed by atoms with Crippen LogP contribution in [0.4, 0.5) is 9.59 Å². The molecule has 3 amide bonds. The van der Waals surface area contributed by atoms with Gasteiger partial charge < -0.3 is 25.4 Å². The molecule has 2 unspecified atom stereocenters. The molecule has 2 atom stereocenters.